The van der Waals surface area contributed by atoms with E-state index in [1.165, 1.54) is 5.56 Å². The lowest BCUT2D eigenvalue weighted by Crippen LogP contribution is -2.27. The smallest absolute Gasteiger partial charge is 0.0469 e. The molecular weight excluding hydrogens is 334 g/mol. The largest absolute Gasteiger partial charge is 0.381 e. The van der Waals surface area contributed by atoms with Gasteiger partial charge in [-0.25, -0.2) is 0 Å². The summed E-state index contributed by atoms with van der Waals surface area (Å²) in [7, 11) is 0. The van der Waals surface area contributed by atoms with Crippen molar-refractivity contribution in [2.75, 3.05) is 13.2 Å². The fourth-order valence-electron chi connectivity index (χ4n) is 2.11. The van der Waals surface area contributed by atoms with Crippen molar-refractivity contribution in [3.05, 3.63) is 32.7 Å². The van der Waals surface area contributed by atoms with Crippen LogP contribution < -0.4 is 5.73 Å². The molecule has 2 nitrogen and oxygen atoms in total. The zero-order valence-corrected chi connectivity index (χ0v) is 12.1. The lowest BCUT2D eigenvalue weighted by molar-refractivity contribution is 0.0583. The first-order chi connectivity index (χ1) is 7.66. The minimum atomic E-state index is 0.109. The summed E-state index contributed by atoms with van der Waals surface area (Å²) < 4.78 is 7.50. The Morgan fingerprint density at radius 3 is 2.25 bits per heavy atom. The van der Waals surface area contributed by atoms with Gasteiger partial charge in [-0.2, -0.15) is 0 Å². The summed E-state index contributed by atoms with van der Waals surface area (Å²) in [6.07, 6.45) is 2.12. The highest BCUT2D eigenvalue weighted by molar-refractivity contribution is 9.11. The van der Waals surface area contributed by atoms with Gasteiger partial charge in [-0.3, -0.25) is 0 Å². The third-order valence-electron chi connectivity index (χ3n) is 3.04. The number of rotatable bonds is 2. The number of nitrogens with two attached hydrogens (primary N) is 1. The van der Waals surface area contributed by atoms with Crippen molar-refractivity contribution < 1.29 is 4.74 Å². The van der Waals surface area contributed by atoms with Crippen molar-refractivity contribution in [3.63, 3.8) is 0 Å². The lowest BCUT2D eigenvalue weighted by Gasteiger charge is -2.28. The minimum absolute atomic E-state index is 0.109. The summed E-state index contributed by atoms with van der Waals surface area (Å²) in [5.41, 5.74) is 7.50. The normalized spacial score (nSPS) is 19.7. The minimum Gasteiger partial charge on any atom is -0.381 e. The lowest BCUT2D eigenvalue weighted by atomic mass is 9.88. The first kappa shape index (κ1) is 12.6. The number of hydrogen-bond acceptors (Lipinski definition) is 2. The molecule has 0 amide bonds. The van der Waals surface area contributed by atoms with Crippen LogP contribution in [0.15, 0.2) is 27.1 Å². The van der Waals surface area contributed by atoms with Crippen LogP contribution in [0.5, 0.6) is 0 Å². The van der Waals surface area contributed by atoms with E-state index in [2.05, 4.69) is 44.0 Å². The molecule has 1 aromatic carbocycles. The van der Waals surface area contributed by atoms with Crippen LogP contribution in [-0.4, -0.2) is 13.2 Å². The average molecular weight is 349 g/mol. The van der Waals surface area contributed by atoms with Crippen LogP contribution in [0.25, 0.3) is 0 Å². The molecule has 2 N–H and O–H groups in total. The standard InChI is InChI=1S/C12H15Br2NO/c13-10-5-9(6-11(14)7-10)12(15)8-1-3-16-4-2-8/h5-8,12H,1-4,15H2. The number of ether oxygens (including phenoxy) is 1. The fraction of sp³-hybridized carbons (Fsp3) is 0.500. The molecule has 1 aromatic rings. The molecule has 1 heterocycles. The summed E-state index contributed by atoms with van der Waals surface area (Å²) in [6.45, 7) is 1.68. The first-order valence-electron chi connectivity index (χ1n) is 5.46. The number of hydrogen-bond donors (Lipinski definition) is 1. The Bertz CT molecular complexity index is 344. The van der Waals surface area contributed by atoms with E-state index < -0.39 is 0 Å². The summed E-state index contributed by atoms with van der Waals surface area (Å²) in [5.74, 6) is 0.537. The Kier molecular flexibility index (Phi) is 4.41. The maximum Gasteiger partial charge on any atom is 0.0469 e. The molecule has 0 spiro atoms. The molecule has 1 fully saturated rings. The quantitative estimate of drug-likeness (QED) is 0.885. The fourth-order valence-corrected chi connectivity index (χ4v) is 3.44. The van der Waals surface area contributed by atoms with Gasteiger partial charge in [-0.05, 0) is 42.5 Å². The van der Waals surface area contributed by atoms with Gasteiger partial charge in [-0.15, -0.1) is 0 Å². The van der Waals surface area contributed by atoms with Crippen LogP contribution in [0.2, 0.25) is 0 Å². The number of halogens is 2. The zero-order chi connectivity index (χ0) is 11.5. The van der Waals surface area contributed by atoms with Crippen molar-refractivity contribution in [3.8, 4) is 0 Å². The highest BCUT2D eigenvalue weighted by Gasteiger charge is 2.22. The number of benzene rings is 1. The predicted octanol–water partition coefficient (Wildman–Crippen LogP) is 3.64. The van der Waals surface area contributed by atoms with E-state index in [-0.39, 0.29) is 6.04 Å². The molecule has 1 unspecified atom stereocenters. The molecule has 1 aliphatic heterocycles. The molecule has 0 aromatic heterocycles. The van der Waals surface area contributed by atoms with E-state index in [4.69, 9.17) is 10.5 Å². The Morgan fingerprint density at radius 2 is 1.69 bits per heavy atom. The second kappa shape index (κ2) is 5.63. The average Bonchev–Trinajstić information content (AvgIpc) is 2.28. The maximum absolute atomic E-state index is 6.31. The van der Waals surface area contributed by atoms with Crippen LogP contribution in [0.4, 0.5) is 0 Å². The van der Waals surface area contributed by atoms with E-state index in [9.17, 15) is 0 Å². The van der Waals surface area contributed by atoms with Gasteiger partial charge in [0.25, 0.3) is 0 Å². The van der Waals surface area contributed by atoms with Crippen LogP contribution >= 0.6 is 31.9 Å². The van der Waals surface area contributed by atoms with Gasteiger partial charge in [0.1, 0.15) is 0 Å². The molecule has 1 aliphatic rings. The molecule has 0 radical (unpaired) electrons. The monoisotopic (exact) mass is 347 g/mol. The summed E-state index contributed by atoms with van der Waals surface area (Å²) in [4.78, 5) is 0. The van der Waals surface area contributed by atoms with Crippen molar-refractivity contribution in [2.24, 2.45) is 11.7 Å². The van der Waals surface area contributed by atoms with Crippen molar-refractivity contribution in [1.29, 1.82) is 0 Å². The van der Waals surface area contributed by atoms with Crippen LogP contribution in [0.1, 0.15) is 24.4 Å². The van der Waals surface area contributed by atoms with Gasteiger partial charge in [0.2, 0.25) is 0 Å². The summed E-state index contributed by atoms with van der Waals surface area (Å²) in [6, 6.07) is 6.34. The molecule has 4 heteroatoms. The van der Waals surface area contributed by atoms with Gasteiger partial charge >= 0.3 is 0 Å². The van der Waals surface area contributed by atoms with Crippen LogP contribution in [0, 0.1) is 5.92 Å². The first-order valence-corrected chi connectivity index (χ1v) is 7.05. The zero-order valence-electron chi connectivity index (χ0n) is 8.96. The molecule has 0 bridgehead atoms. The van der Waals surface area contributed by atoms with Gasteiger partial charge in [0.15, 0.2) is 0 Å². The van der Waals surface area contributed by atoms with E-state index in [1.807, 2.05) is 6.07 Å². The van der Waals surface area contributed by atoms with Gasteiger partial charge in [0.05, 0.1) is 0 Å². The Hall–Kier alpha value is 0.1000. The summed E-state index contributed by atoms with van der Waals surface area (Å²) in [5, 5.41) is 0. The third-order valence-corrected chi connectivity index (χ3v) is 3.96. The van der Waals surface area contributed by atoms with Crippen LogP contribution in [-0.2, 0) is 4.74 Å². The van der Waals surface area contributed by atoms with E-state index in [0.717, 1.165) is 35.0 Å². The Labute approximate surface area is 113 Å². The van der Waals surface area contributed by atoms with E-state index in [1.54, 1.807) is 0 Å². The van der Waals surface area contributed by atoms with Gasteiger partial charge < -0.3 is 10.5 Å². The van der Waals surface area contributed by atoms with Crippen molar-refractivity contribution >= 4 is 31.9 Å². The van der Waals surface area contributed by atoms with E-state index in [0.29, 0.717) is 5.92 Å². The van der Waals surface area contributed by atoms with E-state index >= 15 is 0 Å². The molecule has 0 saturated carbocycles. The molecule has 16 heavy (non-hydrogen) atoms. The highest BCUT2D eigenvalue weighted by atomic mass is 79.9. The summed E-state index contributed by atoms with van der Waals surface area (Å²) >= 11 is 6.99. The molecular formula is C12H15Br2NO. The van der Waals surface area contributed by atoms with Crippen molar-refractivity contribution in [2.45, 2.75) is 18.9 Å². The topological polar surface area (TPSA) is 35.2 Å². The molecule has 1 atom stereocenters. The second-order valence-corrected chi connectivity index (χ2v) is 6.01. The molecule has 0 aliphatic carbocycles. The Balaban J connectivity index is 2.15. The Morgan fingerprint density at radius 1 is 1.12 bits per heavy atom. The van der Waals surface area contributed by atoms with Gasteiger partial charge in [-0.1, -0.05) is 31.9 Å². The molecule has 1 saturated heterocycles. The predicted molar refractivity (Wildman–Crippen MR) is 72.3 cm³/mol. The van der Waals surface area contributed by atoms with Crippen LogP contribution in [0.3, 0.4) is 0 Å². The second-order valence-electron chi connectivity index (χ2n) is 4.18. The maximum atomic E-state index is 6.31. The van der Waals surface area contributed by atoms with Crippen molar-refractivity contribution in [1.82, 2.24) is 0 Å². The molecule has 2 rings (SSSR count). The third kappa shape index (κ3) is 3.06. The van der Waals surface area contributed by atoms with Gasteiger partial charge in [0, 0.05) is 28.2 Å². The highest BCUT2D eigenvalue weighted by Crippen LogP contribution is 2.31. The molecule has 88 valence electrons. The SMILES string of the molecule is NC(c1cc(Br)cc(Br)c1)C1CCOCC1.